The highest BCUT2D eigenvalue weighted by Crippen LogP contribution is 2.09. The highest BCUT2D eigenvalue weighted by atomic mass is 127. The molecule has 0 aliphatic heterocycles. The maximum atomic E-state index is 13.3. The van der Waals surface area contributed by atoms with Gasteiger partial charge in [-0.15, -0.1) is 30.4 Å². The van der Waals surface area contributed by atoms with Gasteiger partial charge in [0.2, 0.25) is 5.91 Å². The first-order chi connectivity index (χ1) is 12.5. The lowest BCUT2D eigenvalue weighted by Gasteiger charge is -2.22. The SMILES string of the molecule is C#Cc1cccc(NC(=O)CNC(=NC)N(C)Cc2cccc(F)c2)c1.I. The Balaban J connectivity index is 0.00000364. The first-order valence-electron chi connectivity index (χ1n) is 8.04. The van der Waals surface area contributed by atoms with E-state index in [1.54, 1.807) is 42.3 Å². The fraction of sp³-hybridized carbons (Fsp3) is 0.200. The summed E-state index contributed by atoms with van der Waals surface area (Å²) in [5.74, 6) is 2.54. The molecule has 0 bridgehead atoms. The maximum absolute atomic E-state index is 13.3. The minimum Gasteiger partial charge on any atom is -0.347 e. The Morgan fingerprint density at radius 1 is 1.26 bits per heavy atom. The first-order valence-corrected chi connectivity index (χ1v) is 8.04. The Morgan fingerprint density at radius 3 is 2.67 bits per heavy atom. The van der Waals surface area contributed by atoms with E-state index in [0.717, 1.165) is 5.56 Å². The Hall–Kier alpha value is -2.60. The van der Waals surface area contributed by atoms with Gasteiger partial charge in [-0.25, -0.2) is 4.39 Å². The molecular formula is C20H22FIN4O. The number of benzene rings is 2. The number of hydrogen-bond donors (Lipinski definition) is 2. The molecule has 0 atom stereocenters. The van der Waals surface area contributed by atoms with Gasteiger partial charge in [-0.2, -0.15) is 0 Å². The van der Waals surface area contributed by atoms with Crippen LogP contribution in [0.5, 0.6) is 0 Å². The number of hydrogen-bond acceptors (Lipinski definition) is 2. The van der Waals surface area contributed by atoms with Gasteiger partial charge in [0, 0.05) is 31.9 Å². The fourth-order valence-corrected chi connectivity index (χ4v) is 2.42. The van der Waals surface area contributed by atoms with Crippen molar-refractivity contribution in [3.05, 3.63) is 65.5 Å². The lowest BCUT2D eigenvalue weighted by Crippen LogP contribution is -2.42. The highest BCUT2D eigenvalue weighted by Gasteiger charge is 2.09. The molecule has 1 amide bonds. The van der Waals surface area contributed by atoms with Crippen LogP contribution in [0.3, 0.4) is 0 Å². The van der Waals surface area contributed by atoms with Crippen molar-refractivity contribution in [2.45, 2.75) is 6.54 Å². The zero-order chi connectivity index (χ0) is 18.9. The predicted molar refractivity (Wildman–Crippen MR) is 118 cm³/mol. The Kier molecular flexibility index (Phi) is 9.30. The first kappa shape index (κ1) is 22.4. The molecule has 0 heterocycles. The van der Waals surface area contributed by atoms with E-state index in [0.29, 0.717) is 23.8 Å². The third-order valence-corrected chi connectivity index (χ3v) is 3.60. The summed E-state index contributed by atoms with van der Waals surface area (Å²) < 4.78 is 13.3. The summed E-state index contributed by atoms with van der Waals surface area (Å²) in [6, 6.07) is 13.4. The summed E-state index contributed by atoms with van der Waals surface area (Å²) in [6.07, 6.45) is 5.35. The number of carbonyl (C=O) groups is 1. The molecule has 0 radical (unpaired) electrons. The fourth-order valence-electron chi connectivity index (χ4n) is 2.42. The molecule has 5 nitrogen and oxygen atoms in total. The van der Waals surface area contributed by atoms with Crippen LogP contribution in [-0.4, -0.2) is 37.4 Å². The summed E-state index contributed by atoms with van der Waals surface area (Å²) in [5.41, 5.74) is 2.14. The van der Waals surface area contributed by atoms with Crippen molar-refractivity contribution < 1.29 is 9.18 Å². The van der Waals surface area contributed by atoms with Crippen LogP contribution in [-0.2, 0) is 11.3 Å². The second-order valence-corrected chi connectivity index (χ2v) is 5.66. The molecule has 27 heavy (non-hydrogen) atoms. The average molecular weight is 480 g/mol. The molecule has 2 rings (SSSR count). The van der Waals surface area contributed by atoms with Crippen LogP contribution in [0, 0.1) is 18.2 Å². The van der Waals surface area contributed by atoms with E-state index < -0.39 is 0 Å². The van der Waals surface area contributed by atoms with Gasteiger partial charge in [-0.05, 0) is 35.9 Å². The molecule has 2 N–H and O–H groups in total. The van der Waals surface area contributed by atoms with Crippen molar-refractivity contribution in [1.82, 2.24) is 10.2 Å². The van der Waals surface area contributed by atoms with Crippen molar-refractivity contribution in [1.29, 1.82) is 0 Å². The number of anilines is 1. The number of nitrogens with zero attached hydrogens (tertiary/aromatic N) is 2. The number of guanidine groups is 1. The van der Waals surface area contributed by atoms with Gasteiger partial charge in [0.15, 0.2) is 5.96 Å². The van der Waals surface area contributed by atoms with Crippen LogP contribution < -0.4 is 10.6 Å². The van der Waals surface area contributed by atoms with Crippen LogP contribution in [0.2, 0.25) is 0 Å². The third-order valence-electron chi connectivity index (χ3n) is 3.60. The van der Waals surface area contributed by atoms with Gasteiger partial charge in [-0.3, -0.25) is 9.79 Å². The smallest absolute Gasteiger partial charge is 0.243 e. The highest BCUT2D eigenvalue weighted by molar-refractivity contribution is 14.0. The van der Waals surface area contributed by atoms with Gasteiger partial charge in [0.25, 0.3) is 0 Å². The van der Waals surface area contributed by atoms with Gasteiger partial charge in [0.05, 0.1) is 6.54 Å². The molecule has 7 heteroatoms. The minimum atomic E-state index is -0.285. The normalized spacial score (nSPS) is 10.4. The van der Waals surface area contributed by atoms with E-state index in [4.69, 9.17) is 6.42 Å². The standard InChI is InChI=1S/C20H21FN4O.HI/c1-4-15-7-6-10-18(12-15)24-19(26)13-23-20(22-2)25(3)14-16-8-5-9-17(21)11-16;/h1,5-12H,13-14H2,2-3H3,(H,22,23)(H,24,26);1H. The minimum absolute atomic E-state index is 0. The van der Waals surface area contributed by atoms with Gasteiger partial charge < -0.3 is 15.5 Å². The molecule has 0 aromatic heterocycles. The van der Waals surface area contributed by atoms with Gasteiger partial charge in [0.1, 0.15) is 5.82 Å². The molecule has 0 aliphatic rings. The lowest BCUT2D eigenvalue weighted by atomic mass is 10.2. The number of rotatable bonds is 5. The quantitative estimate of drug-likeness (QED) is 0.300. The van der Waals surface area contributed by atoms with Crippen LogP contribution in [0.15, 0.2) is 53.5 Å². The molecule has 0 saturated carbocycles. The maximum Gasteiger partial charge on any atom is 0.243 e. The predicted octanol–water partition coefficient (Wildman–Crippen LogP) is 3.07. The van der Waals surface area contributed by atoms with Crippen molar-refractivity contribution >= 4 is 41.5 Å². The number of halogens is 2. The van der Waals surface area contributed by atoms with E-state index in [1.807, 2.05) is 13.1 Å². The Labute approximate surface area is 176 Å². The van der Waals surface area contributed by atoms with Crippen LogP contribution in [0.25, 0.3) is 0 Å². The third kappa shape index (κ3) is 7.27. The molecule has 0 aliphatic carbocycles. The van der Waals surface area contributed by atoms with E-state index in [2.05, 4.69) is 21.5 Å². The molecular weight excluding hydrogens is 458 g/mol. The monoisotopic (exact) mass is 480 g/mol. The number of aliphatic imine (C=N–C) groups is 1. The number of carbonyl (C=O) groups excluding carboxylic acids is 1. The number of terminal acetylenes is 1. The summed E-state index contributed by atoms with van der Waals surface area (Å²) in [6.45, 7) is 0.504. The van der Waals surface area contributed by atoms with E-state index >= 15 is 0 Å². The van der Waals surface area contributed by atoms with Crippen molar-refractivity contribution in [3.63, 3.8) is 0 Å². The molecule has 0 saturated heterocycles. The lowest BCUT2D eigenvalue weighted by molar-refractivity contribution is -0.115. The second-order valence-electron chi connectivity index (χ2n) is 5.66. The van der Waals surface area contributed by atoms with Gasteiger partial charge in [-0.1, -0.05) is 24.1 Å². The van der Waals surface area contributed by atoms with E-state index in [9.17, 15) is 9.18 Å². The largest absolute Gasteiger partial charge is 0.347 e. The molecule has 0 fully saturated rings. The number of amides is 1. The van der Waals surface area contributed by atoms with E-state index in [-0.39, 0.29) is 42.2 Å². The summed E-state index contributed by atoms with van der Waals surface area (Å²) >= 11 is 0. The van der Waals surface area contributed by atoms with Gasteiger partial charge >= 0.3 is 0 Å². The summed E-state index contributed by atoms with van der Waals surface area (Å²) in [7, 11) is 3.44. The van der Waals surface area contributed by atoms with Crippen LogP contribution in [0.4, 0.5) is 10.1 Å². The summed E-state index contributed by atoms with van der Waals surface area (Å²) in [4.78, 5) is 18.1. The van der Waals surface area contributed by atoms with Crippen molar-refractivity contribution in [2.24, 2.45) is 4.99 Å². The molecule has 142 valence electrons. The molecule has 0 spiro atoms. The van der Waals surface area contributed by atoms with Crippen molar-refractivity contribution in [2.75, 3.05) is 26.0 Å². The van der Waals surface area contributed by atoms with E-state index in [1.165, 1.54) is 12.1 Å². The van der Waals surface area contributed by atoms with Crippen LogP contribution in [0.1, 0.15) is 11.1 Å². The Morgan fingerprint density at radius 2 is 2.00 bits per heavy atom. The molecule has 2 aromatic rings. The molecule has 0 unspecified atom stereocenters. The zero-order valence-electron chi connectivity index (χ0n) is 15.2. The number of nitrogens with one attached hydrogen (secondary N) is 2. The second kappa shape index (κ2) is 11.2. The average Bonchev–Trinajstić information content (AvgIpc) is 2.62. The zero-order valence-corrected chi connectivity index (χ0v) is 17.5. The topological polar surface area (TPSA) is 56.7 Å². The Bertz CT molecular complexity index is 848. The molecule has 2 aromatic carbocycles. The van der Waals surface area contributed by atoms with Crippen molar-refractivity contribution in [3.8, 4) is 12.3 Å². The summed E-state index contributed by atoms with van der Waals surface area (Å²) in [5, 5.41) is 5.75. The van der Waals surface area contributed by atoms with Crippen LogP contribution >= 0.6 is 24.0 Å².